The van der Waals surface area contributed by atoms with Crippen LogP contribution in [0.4, 0.5) is 5.69 Å². The molecule has 1 aliphatic rings. The van der Waals surface area contributed by atoms with Gasteiger partial charge in [0, 0.05) is 39.4 Å². The Hall–Kier alpha value is -1.11. The van der Waals surface area contributed by atoms with Gasteiger partial charge in [0.05, 0.1) is 5.75 Å². The molecule has 1 fully saturated rings. The minimum absolute atomic E-state index is 0.227. The highest BCUT2D eigenvalue weighted by Gasteiger charge is 2.23. The largest absolute Gasteiger partial charge is 0.371 e. The van der Waals surface area contributed by atoms with Crippen molar-refractivity contribution in [1.82, 2.24) is 9.21 Å². The van der Waals surface area contributed by atoms with E-state index in [1.807, 2.05) is 6.07 Å². The van der Waals surface area contributed by atoms with Crippen molar-refractivity contribution < 1.29 is 8.42 Å². The fraction of sp³-hybridized carbons (Fsp3) is 0.647. The second-order valence-electron chi connectivity index (χ2n) is 6.65. The van der Waals surface area contributed by atoms with Crippen LogP contribution in [0.25, 0.3) is 0 Å². The molecule has 0 amide bonds. The SMILES string of the molecule is CN(CCCS(=O)(=O)N(C)C)C[C@H]1CCN(c2ccccc2)C1. The first kappa shape index (κ1) is 18.2. The second kappa shape index (κ2) is 8.13. The summed E-state index contributed by atoms with van der Waals surface area (Å²) in [6, 6.07) is 10.5. The van der Waals surface area contributed by atoms with E-state index >= 15 is 0 Å². The Morgan fingerprint density at radius 3 is 2.52 bits per heavy atom. The van der Waals surface area contributed by atoms with Gasteiger partial charge in [-0.15, -0.1) is 0 Å². The van der Waals surface area contributed by atoms with Crippen LogP contribution in [0.15, 0.2) is 30.3 Å². The highest BCUT2D eigenvalue weighted by atomic mass is 32.2. The number of benzene rings is 1. The van der Waals surface area contributed by atoms with Gasteiger partial charge in [-0.3, -0.25) is 0 Å². The van der Waals surface area contributed by atoms with Crippen LogP contribution < -0.4 is 4.90 Å². The van der Waals surface area contributed by atoms with Crippen LogP contribution in [0.1, 0.15) is 12.8 Å². The average molecular weight is 340 g/mol. The maximum Gasteiger partial charge on any atom is 0.213 e. The molecule has 130 valence electrons. The average Bonchev–Trinajstić information content (AvgIpc) is 2.96. The lowest BCUT2D eigenvalue weighted by Gasteiger charge is -2.22. The van der Waals surface area contributed by atoms with Crippen molar-refractivity contribution in [3.63, 3.8) is 0 Å². The Bertz CT molecular complexity index is 575. The second-order valence-corrected chi connectivity index (χ2v) is 8.95. The lowest BCUT2D eigenvalue weighted by Crippen LogP contribution is -2.31. The van der Waals surface area contributed by atoms with Crippen LogP contribution in [-0.4, -0.2) is 70.7 Å². The summed E-state index contributed by atoms with van der Waals surface area (Å²) < 4.78 is 24.8. The van der Waals surface area contributed by atoms with Gasteiger partial charge in [-0.2, -0.15) is 0 Å². The molecule has 0 radical (unpaired) electrons. The van der Waals surface area contributed by atoms with Crippen molar-refractivity contribution in [2.24, 2.45) is 5.92 Å². The smallest absolute Gasteiger partial charge is 0.213 e. The van der Waals surface area contributed by atoms with Gasteiger partial charge < -0.3 is 9.80 Å². The molecular weight excluding hydrogens is 310 g/mol. The maximum atomic E-state index is 11.8. The van der Waals surface area contributed by atoms with E-state index in [0.29, 0.717) is 12.3 Å². The Kier molecular flexibility index (Phi) is 6.44. The van der Waals surface area contributed by atoms with Crippen LogP contribution in [-0.2, 0) is 10.0 Å². The Labute approximate surface area is 140 Å². The number of anilines is 1. The molecule has 1 aromatic rings. The molecule has 1 aliphatic heterocycles. The zero-order valence-electron chi connectivity index (χ0n) is 14.5. The topological polar surface area (TPSA) is 43.9 Å². The molecule has 1 aromatic carbocycles. The third-order valence-electron chi connectivity index (χ3n) is 4.48. The number of hydrogen-bond donors (Lipinski definition) is 0. The quantitative estimate of drug-likeness (QED) is 0.723. The summed E-state index contributed by atoms with van der Waals surface area (Å²) in [5.74, 6) is 0.885. The number of para-hydroxylation sites is 1. The van der Waals surface area contributed by atoms with Crippen molar-refractivity contribution in [2.45, 2.75) is 12.8 Å². The third kappa shape index (κ3) is 5.48. The Balaban J connectivity index is 1.71. The fourth-order valence-corrected chi connectivity index (χ4v) is 3.95. The first-order chi connectivity index (χ1) is 10.9. The van der Waals surface area contributed by atoms with Gasteiger partial charge in [0.25, 0.3) is 0 Å². The molecule has 0 aliphatic carbocycles. The van der Waals surface area contributed by atoms with E-state index in [1.165, 1.54) is 16.4 Å². The first-order valence-electron chi connectivity index (χ1n) is 8.27. The summed E-state index contributed by atoms with van der Waals surface area (Å²) in [4.78, 5) is 4.71. The number of sulfonamides is 1. The number of nitrogens with zero attached hydrogens (tertiary/aromatic N) is 3. The molecule has 0 N–H and O–H groups in total. The monoisotopic (exact) mass is 339 g/mol. The fourth-order valence-electron chi connectivity index (χ4n) is 3.09. The summed E-state index contributed by atoms with van der Waals surface area (Å²) in [7, 11) is 2.21. The number of hydrogen-bond acceptors (Lipinski definition) is 4. The van der Waals surface area contributed by atoms with Crippen LogP contribution in [0.3, 0.4) is 0 Å². The minimum Gasteiger partial charge on any atom is -0.371 e. The molecule has 0 spiro atoms. The molecule has 5 nitrogen and oxygen atoms in total. The van der Waals surface area contributed by atoms with Crippen molar-refractivity contribution in [1.29, 1.82) is 0 Å². The zero-order chi connectivity index (χ0) is 16.9. The summed E-state index contributed by atoms with van der Waals surface area (Å²) in [6.45, 7) is 4.06. The van der Waals surface area contributed by atoms with Gasteiger partial charge in [-0.05, 0) is 44.5 Å². The van der Waals surface area contributed by atoms with E-state index in [1.54, 1.807) is 14.1 Å². The predicted octanol–water partition coefficient (Wildman–Crippen LogP) is 1.73. The molecule has 23 heavy (non-hydrogen) atoms. The highest BCUT2D eigenvalue weighted by Crippen LogP contribution is 2.23. The summed E-state index contributed by atoms with van der Waals surface area (Å²) >= 11 is 0. The molecule has 2 rings (SSSR count). The lowest BCUT2D eigenvalue weighted by molar-refractivity contribution is 0.287. The minimum atomic E-state index is -3.07. The van der Waals surface area contributed by atoms with Gasteiger partial charge in [0.2, 0.25) is 10.0 Å². The van der Waals surface area contributed by atoms with E-state index < -0.39 is 10.0 Å². The van der Waals surface area contributed by atoms with Crippen molar-refractivity contribution >= 4 is 15.7 Å². The van der Waals surface area contributed by atoms with E-state index in [2.05, 4.69) is 41.1 Å². The molecule has 1 atom stereocenters. The molecule has 0 saturated carbocycles. The summed E-state index contributed by atoms with van der Waals surface area (Å²) in [5, 5.41) is 0. The Morgan fingerprint density at radius 2 is 1.87 bits per heavy atom. The highest BCUT2D eigenvalue weighted by molar-refractivity contribution is 7.89. The van der Waals surface area contributed by atoms with Crippen LogP contribution in [0.5, 0.6) is 0 Å². The van der Waals surface area contributed by atoms with Gasteiger partial charge in [-0.25, -0.2) is 12.7 Å². The van der Waals surface area contributed by atoms with Crippen LogP contribution >= 0.6 is 0 Å². The standard InChI is InChI=1S/C17H29N3O2S/c1-18(2)23(21,22)13-7-11-19(3)14-16-10-12-20(15-16)17-8-5-4-6-9-17/h4-6,8-9,16H,7,10-15H2,1-3H3/t16-/m1/s1. The van der Waals surface area contributed by atoms with E-state index in [-0.39, 0.29) is 5.75 Å². The Morgan fingerprint density at radius 1 is 1.17 bits per heavy atom. The normalized spacial score (nSPS) is 19.0. The molecule has 1 saturated heterocycles. The maximum absolute atomic E-state index is 11.8. The lowest BCUT2D eigenvalue weighted by atomic mass is 10.1. The summed E-state index contributed by atoms with van der Waals surface area (Å²) in [5.41, 5.74) is 1.30. The molecule has 6 heteroatoms. The molecule has 0 aromatic heterocycles. The van der Waals surface area contributed by atoms with E-state index in [4.69, 9.17) is 0 Å². The first-order valence-corrected chi connectivity index (χ1v) is 9.88. The molecular formula is C17H29N3O2S. The van der Waals surface area contributed by atoms with Gasteiger partial charge in [0.1, 0.15) is 0 Å². The van der Waals surface area contributed by atoms with Gasteiger partial charge >= 0.3 is 0 Å². The predicted molar refractivity (Wildman–Crippen MR) is 96.3 cm³/mol. The number of rotatable bonds is 8. The van der Waals surface area contributed by atoms with Crippen molar-refractivity contribution in [3.8, 4) is 0 Å². The summed E-state index contributed by atoms with van der Waals surface area (Å²) in [6.07, 6.45) is 1.89. The molecule has 1 heterocycles. The van der Waals surface area contributed by atoms with Crippen molar-refractivity contribution in [2.75, 3.05) is 58.0 Å². The van der Waals surface area contributed by atoms with E-state index in [9.17, 15) is 8.42 Å². The molecule has 0 bridgehead atoms. The van der Waals surface area contributed by atoms with Crippen LogP contribution in [0, 0.1) is 5.92 Å². The zero-order valence-corrected chi connectivity index (χ0v) is 15.3. The molecule has 0 unspecified atom stereocenters. The van der Waals surface area contributed by atoms with Gasteiger partial charge in [0.15, 0.2) is 0 Å². The third-order valence-corrected chi connectivity index (χ3v) is 6.39. The van der Waals surface area contributed by atoms with Crippen molar-refractivity contribution in [3.05, 3.63) is 30.3 Å². The van der Waals surface area contributed by atoms with Gasteiger partial charge in [-0.1, -0.05) is 18.2 Å². The van der Waals surface area contributed by atoms with E-state index in [0.717, 1.165) is 26.2 Å². The van der Waals surface area contributed by atoms with Crippen LogP contribution in [0.2, 0.25) is 0 Å².